The fourth-order valence-corrected chi connectivity index (χ4v) is 14.5. The molecule has 1 aliphatic carbocycles. The van der Waals surface area contributed by atoms with Gasteiger partial charge < -0.3 is 14.0 Å². The predicted molar refractivity (Wildman–Crippen MR) is 310 cm³/mol. The first-order chi connectivity index (χ1) is 34.7. The van der Waals surface area contributed by atoms with Crippen molar-refractivity contribution in [3.8, 4) is 33.6 Å². The maximum atomic E-state index is 2.66. The second-order valence-corrected chi connectivity index (χ2v) is 24.4. The lowest BCUT2D eigenvalue weighted by Crippen LogP contribution is -2.59. The maximum Gasteiger partial charge on any atom is 0.264 e. The van der Waals surface area contributed by atoms with Gasteiger partial charge in [0.2, 0.25) is 0 Å². The summed E-state index contributed by atoms with van der Waals surface area (Å²) in [6.45, 7) is 18.8. The molecule has 346 valence electrons. The number of hydrogen-bond donors (Lipinski definition) is 0. The van der Waals surface area contributed by atoms with Crippen molar-refractivity contribution in [1.82, 2.24) is 9.13 Å². The van der Waals surface area contributed by atoms with Crippen molar-refractivity contribution in [2.75, 3.05) is 4.90 Å². The summed E-state index contributed by atoms with van der Waals surface area (Å²) in [6, 6.07) is 70.1. The summed E-state index contributed by atoms with van der Waals surface area (Å²) in [7, 11) is 0. The molecular weight excluding hydrogens is 890 g/mol. The molecule has 12 aromatic rings. The minimum absolute atomic E-state index is 0.00955. The Labute approximate surface area is 425 Å². The van der Waals surface area contributed by atoms with Crippen LogP contribution >= 0.6 is 11.3 Å². The number of fused-ring (bicyclic) bond motifs is 15. The third-order valence-corrected chi connectivity index (χ3v) is 18.0. The first-order valence-corrected chi connectivity index (χ1v) is 26.5. The Morgan fingerprint density at radius 2 is 1.14 bits per heavy atom. The van der Waals surface area contributed by atoms with Gasteiger partial charge in [0.15, 0.2) is 0 Å². The molecule has 72 heavy (non-hydrogen) atoms. The molecule has 5 heteroatoms. The first-order valence-electron chi connectivity index (χ1n) is 25.7. The van der Waals surface area contributed by atoms with E-state index in [-0.39, 0.29) is 23.0 Å². The number of benzene rings is 9. The number of thiophene rings is 1. The van der Waals surface area contributed by atoms with Gasteiger partial charge in [-0.3, -0.25) is 0 Å². The number of anilines is 3. The van der Waals surface area contributed by atoms with Crippen molar-refractivity contribution in [2.45, 2.75) is 71.6 Å². The number of hydrogen-bond acceptors (Lipinski definition) is 2. The van der Waals surface area contributed by atoms with Gasteiger partial charge in [0, 0.05) is 70.1 Å². The van der Waals surface area contributed by atoms with Crippen molar-refractivity contribution in [3.63, 3.8) is 0 Å². The third-order valence-electron chi connectivity index (χ3n) is 16.8. The fourth-order valence-electron chi connectivity index (χ4n) is 13.2. The summed E-state index contributed by atoms with van der Waals surface area (Å²) < 4.78 is 7.87. The van der Waals surface area contributed by atoms with Gasteiger partial charge in [-0.05, 0) is 139 Å². The summed E-state index contributed by atoms with van der Waals surface area (Å²) in [5.41, 5.74) is 24.4. The van der Waals surface area contributed by atoms with Gasteiger partial charge in [-0.15, -0.1) is 11.3 Å². The molecule has 5 heterocycles. The van der Waals surface area contributed by atoms with Crippen LogP contribution in [-0.2, 0) is 16.2 Å². The van der Waals surface area contributed by atoms with E-state index < -0.39 is 0 Å². The van der Waals surface area contributed by atoms with Crippen molar-refractivity contribution in [3.05, 3.63) is 204 Å². The molecule has 0 N–H and O–H groups in total. The number of aromatic nitrogens is 2. The lowest BCUT2D eigenvalue weighted by molar-refractivity contribution is 0.590. The van der Waals surface area contributed by atoms with Crippen molar-refractivity contribution in [1.29, 1.82) is 0 Å². The lowest BCUT2D eigenvalue weighted by Gasteiger charge is -2.39. The van der Waals surface area contributed by atoms with E-state index in [2.05, 4.69) is 251 Å². The molecule has 0 fully saturated rings. The Balaban J connectivity index is 1.09. The Morgan fingerprint density at radius 1 is 0.458 bits per heavy atom. The summed E-state index contributed by atoms with van der Waals surface area (Å²) >= 11 is 1.99. The van der Waals surface area contributed by atoms with Crippen LogP contribution in [0.3, 0.4) is 0 Å². The molecule has 0 saturated heterocycles. The monoisotopic (exact) mass is 943 g/mol. The van der Waals surface area contributed by atoms with Crippen LogP contribution in [0.5, 0.6) is 0 Å². The van der Waals surface area contributed by atoms with Gasteiger partial charge >= 0.3 is 0 Å². The van der Waals surface area contributed by atoms with Crippen molar-refractivity contribution in [2.24, 2.45) is 0 Å². The third kappa shape index (κ3) is 5.63. The zero-order valence-corrected chi connectivity index (χ0v) is 43.0. The van der Waals surface area contributed by atoms with Gasteiger partial charge in [-0.1, -0.05) is 165 Å². The second-order valence-electron chi connectivity index (χ2n) is 23.4. The molecule has 3 nitrogen and oxygen atoms in total. The van der Waals surface area contributed by atoms with Crippen molar-refractivity contribution < 1.29 is 0 Å². The molecule has 9 aromatic carbocycles. The van der Waals surface area contributed by atoms with Gasteiger partial charge in [0.1, 0.15) is 0 Å². The van der Waals surface area contributed by atoms with Crippen molar-refractivity contribution >= 4 is 105 Å². The van der Waals surface area contributed by atoms with E-state index >= 15 is 0 Å². The Hall–Kier alpha value is -7.60. The normalized spacial score (nSPS) is 14.4. The average Bonchev–Trinajstić information content (AvgIpc) is 4.09. The van der Waals surface area contributed by atoms with Crippen LogP contribution in [0, 0.1) is 0 Å². The molecule has 0 spiro atoms. The number of nitrogens with zero attached hydrogens (tertiary/aromatic N) is 3. The molecule has 0 bridgehead atoms. The average molecular weight is 944 g/mol. The molecular formula is C67H54BN3S. The Morgan fingerprint density at radius 3 is 1.94 bits per heavy atom. The van der Waals surface area contributed by atoms with E-state index in [1.54, 1.807) is 0 Å². The van der Waals surface area contributed by atoms with E-state index in [1.165, 1.54) is 142 Å². The molecule has 15 rings (SSSR count). The number of rotatable bonds is 3. The van der Waals surface area contributed by atoms with Crippen LogP contribution < -0.4 is 20.6 Å². The zero-order chi connectivity index (χ0) is 48.7. The predicted octanol–water partition coefficient (Wildman–Crippen LogP) is 16.3. The smallest absolute Gasteiger partial charge is 0.264 e. The second kappa shape index (κ2) is 14.3. The van der Waals surface area contributed by atoms with Crippen LogP contribution in [0.1, 0.15) is 77.6 Å². The molecule has 0 saturated carbocycles. The van der Waals surface area contributed by atoms with Crippen LogP contribution in [0.15, 0.2) is 182 Å². The molecule has 3 aliphatic rings. The summed E-state index contributed by atoms with van der Waals surface area (Å²) in [5, 5.41) is 6.45. The van der Waals surface area contributed by atoms with Crippen LogP contribution in [0.2, 0.25) is 0 Å². The highest BCUT2D eigenvalue weighted by atomic mass is 32.1. The first kappa shape index (κ1) is 42.1. The molecule has 0 atom stereocenters. The number of para-hydroxylation sites is 3. The largest absolute Gasteiger partial charge is 0.310 e. The van der Waals surface area contributed by atoms with Crippen LogP contribution in [0.4, 0.5) is 17.1 Å². The molecule has 0 amide bonds. The maximum absolute atomic E-state index is 2.66. The zero-order valence-electron chi connectivity index (χ0n) is 42.1. The van der Waals surface area contributed by atoms with E-state index in [4.69, 9.17) is 0 Å². The van der Waals surface area contributed by atoms with Gasteiger partial charge in [0.25, 0.3) is 6.71 Å². The SMILES string of the molecule is CC(C)(C)c1ccc(N2c3cc(-c4ccc5c(c4)C(C)(C)c4ccccc4-5)cc4c3B(c3sc5ccc(C(C)(C)C)cc5c32)c2cccc3c5cc6c7ccccc7n(-c7ccccc7)c6cc5n-4c23)cc1. The van der Waals surface area contributed by atoms with E-state index in [0.717, 1.165) is 0 Å². The standard InChI is InChI=1S/C67H54BN3S/c1-65(2,3)41-26-29-44(30-27-41)70-58-34-40(39-25-31-46-45-19-12-14-22-52(45)67(7,8)53(46)33-39)35-59-61(58)68(64-63(70)51-36-42(66(4,5)6)28-32-60(51)72-64)54-23-16-21-48-50-37-49-47-20-13-15-24-55(47)69(43-17-10-9-11-18-43)56(49)38-57(50)71(59)62(48)54/h9-38H,1-8H3. The summed E-state index contributed by atoms with van der Waals surface area (Å²) in [5.74, 6) is 0. The summed E-state index contributed by atoms with van der Waals surface area (Å²) in [6.07, 6.45) is 0. The van der Waals surface area contributed by atoms with Gasteiger partial charge in [0.05, 0.1) is 22.2 Å². The molecule has 3 aromatic heterocycles. The highest BCUT2D eigenvalue weighted by molar-refractivity contribution is 7.33. The molecule has 2 aliphatic heterocycles. The van der Waals surface area contributed by atoms with Gasteiger partial charge in [-0.2, -0.15) is 0 Å². The van der Waals surface area contributed by atoms with E-state index in [9.17, 15) is 0 Å². The topological polar surface area (TPSA) is 13.1 Å². The quantitative estimate of drug-likeness (QED) is 0.161. The lowest BCUT2D eigenvalue weighted by atomic mass is 9.36. The van der Waals surface area contributed by atoms with E-state index in [0.29, 0.717) is 0 Å². The minimum Gasteiger partial charge on any atom is -0.310 e. The van der Waals surface area contributed by atoms with Gasteiger partial charge in [-0.25, -0.2) is 0 Å². The fraction of sp³-hybridized carbons (Fsp3) is 0.164. The van der Waals surface area contributed by atoms with Crippen LogP contribution in [0.25, 0.3) is 87.3 Å². The highest BCUT2D eigenvalue weighted by Gasteiger charge is 2.45. The Kier molecular flexibility index (Phi) is 8.37. The Bertz CT molecular complexity index is 4320. The molecule has 0 unspecified atom stereocenters. The molecule has 0 radical (unpaired) electrons. The van der Waals surface area contributed by atoms with Crippen LogP contribution in [-0.4, -0.2) is 15.8 Å². The van der Waals surface area contributed by atoms with E-state index in [1.807, 2.05) is 11.3 Å². The highest BCUT2D eigenvalue weighted by Crippen LogP contribution is 2.52. The summed E-state index contributed by atoms with van der Waals surface area (Å²) in [4.78, 5) is 2.65. The minimum atomic E-state index is -0.129.